The highest BCUT2D eigenvalue weighted by atomic mass is 19.4. The number of anilines is 1. The van der Waals surface area contributed by atoms with Crippen molar-refractivity contribution in [2.24, 2.45) is 0 Å². The van der Waals surface area contributed by atoms with Gasteiger partial charge in [-0.05, 0) is 12.1 Å². The highest BCUT2D eigenvalue weighted by Crippen LogP contribution is 2.35. The SMILES string of the molecule is N#Cc1cc(NC(=O)c2cnn(-c3cncc4ccccc34)c2C(F)(F)F)ccn1. The first-order valence-electron chi connectivity index (χ1n) is 8.54. The number of hydrogen-bond acceptors (Lipinski definition) is 5. The van der Waals surface area contributed by atoms with E-state index in [9.17, 15) is 18.0 Å². The number of hydrogen-bond donors (Lipinski definition) is 1. The zero-order valence-electron chi connectivity index (χ0n) is 15.1. The highest BCUT2D eigenvalue weighted by Gasteiger charge is 2.41. The van der Waals surface area contributed by atoms with Crippen molar-refractivity contribution in [3.63, 3.8) is 0 Å². The monoisotopic (exact) mass is 408 g/mol. The number of pyridine rings is 2. The molecule has 0 aliphatic carbocycles. The molecule has 10 heteroatoms. The van der Waals surface area contributed by atoms with Crippen LogP contribution in [0.25, 0.3) is 16.5 Å². The van der Waals surface area contributed by atoms with E-state index in [0.29, 0.717) is 15.5 Å². The van der Waals surface area contributed by atoms with Crippen LogP contribution in [-0.2, 0) is 6.18 Å². The second-order valence-electron chi connectivity index (χ2n) is 6.19. The number of fused-ring (bicyclic) bond motifs is 1. The van der Waals surface area contributed by atoms with Gasteiger partial charge in [0.1, 0.15) is 11.8 Å². The average molecular weight is 408 g/mol. The van der Waals surface area contributed by atoms with E-state index in [1.54, 1.807) is 30.3 Å². The number of aromatic nitrogens is 4. The van der Waals surface area contributed by atoms with E-state index in [-0.39, 0.29) is 17.1 Å². The summed E-state index contributed by atoms with van der Waals surface area (Å²) < 4.78 is 42.5. The van der Waals surface area contributed by atoms with Crippen LogP contribution >= 0.6 is 0 Å². The lowest BCUT2D eigenvalue weighted by atomic mass is 10.1. The Hall–Kier alpha value is -4.26. The standard InChI is InChI=1S/C20H11F3N6O/c21-20(22,23)18-16(19(30)28-13-5-6-26-14(7-13)8-24)10-27-29(18)17-11-25-9-12-3-1-2-4-15(12)17/h1-7,9-11H,(H,26,28,30). The molecule has 4 rings (SSSR count). The van der Waals surface area contributed by atoms with E-state index >= 15 is 0 Å². The Labute approximate surface area is 167 Å². The summed E-state index contributed by atoms with van der Waals surface area (Å²) in [5.41, 5.74) is -1.64. The molecule has 0 bridgehead atoms. The number of nitrogens with zero attached hydrogens (tertiary/aromatic N) is 5. The van der Waals surface area contributed by atoms with Crippen molar-refractivity contribution in [3.8, 4) is 11.8 Å². The van der Waals surface area contributed by atoms with Crippen LogP contribution in [-0.4, -0.2) is 25.7 Å². The lowest BCUT2D eigenvalue weighted by Crippen LogP contribution is -2.21. The van der Waals surface area contributed by atoms with Gasteiger partial charge in [0.2, 0.25) is 0 Å². The molecule has 148 valence electrons. The molecule has 0 atom stereocenters. The van der Waals surface area contributed by atoms with Crippen molar-refractivity contribution in [1.29, 1.82) is 5.26 Å². The smallest absolute Gasteiger partial charge is 0.322 e. The van der Waals surface area contributed by atoms with Gasteiger partial charge in [0.15, 0.2) is 5.69 Å². The van der Waals surface area contributed by atoms with Crippen LogP contribution in [0.1, 0.15) is 21.7 Å². The Morgan fingerprint density at radius 2 is 1.93 bits per heavy atom. The van der Waals surface area contributed by atoms with Gasteiger partial charge in [-0.1, -0.05) is 24.3 Å². The second-order valence-corrected chi connectivity index (χ2v) is 6.19. The molecule has 0 aliphatic rings. The van der Waals surface area contributed by atoms with Crippen LogP contribution in [0.3, 0.4) is 0 Å². The Morgan fingerprint density at radius 1 is 1.13 bits per heavy atom. The van der Waals surface area contributed by atoms with E-state index in [1.165, 1.54) is 30.7 Å². The summed E-state index contributed by atoms with van der Waals surface area (Å²) in [6.45, 7) is 0. The summed E-state index contributed by atoms with van der Waals surface area (Å²) in [4.78, 5) is 20.3. The summed E-state index contributed by atoms with van der Waals surface area (Å²) >= 11 is 0. The fourth-order valence-electron chi connectivity index (χ4n) is 3.01. The minimum absolute atomic E-state index is 0.0152. The zero-order chi connectivity index (χ0) is 21.3. The van der Waals surface area contributed by atoms with E-state index in [4.69, 9.17) is 5.26 Å². The molecule has 1 N–H and O–H groups in total. The molecule has 1 aromatic carbocycles. The lowest BCUT2D eigenvalue weighted by Gasteiger charge is -2.14. The van der Waals surface area contributed by atoms with Crippen LogP contribution < -0.4 is 5.32 Å². The average Bonchev–Trinajstić information content (AvgIpc) is 3.19. The number of carbonyl (C=O) groups is 1. The van der Waals surface area contributed by atoms with Crippen LogP contribution in [0, 0.1) is 11.3 Å². The molecule has 0 aliphatic heterocycles. The molecule has 0 fully saturated rings. The maximum Gasteiger partial charge on any atom is 0.434 e. The molecule has 7 nitrogen and oxygen atoms in total. The van der Waals surface area contributed by atoms with Crippen LogP contribution in [0.15, 0.2) is 61.2 Å². The normalized spacial score (nSPS) is 11.3. The molecule has 0 unspecified atom stereocenters. The van der Waals surface area contributed by atoms with Crippen molar-refractivity contribution in [2.75, 3.05) is 5.32 Å². The van der Waals surface area contributed by atoms with Gasteiger partial charge >= 0.3 is 6.18 Å². The molecule has 0 radical (unpaired) electrons. The predicted molar refractivity (Wildman–Crippen MR) is 101 cm³/mol. The first-order chi connectivity index (χ1) is 14.4. The van der Waals surface area contributed by atoms with Gasteiger partial charge in [-0.15, -0.1) is 0 Å². The van der Waals surface area contributed by atoms with E-state index < -0.39 is 23.3 Å². The van der Waals surface area contributed by atoms with E-state index in [1.807, 2.05) is 0 Å². The number of rotatable bonds is 3. The molecule has 1 amide bonds. The Balaban J connectivity index is 1.82. The lowest BCUT2D eigenvalue weighted by molar-refractivity contribution is -0.143. The van der Waals surface area contributed by atoms with Gasteiger partial charge < -0.3 is 5.32 Å². The number of nitrogens with one attached hydrogen (secondary N) is 1. The third-order valence-corrected chi connectivity index (χ3v) is 4.29. The van der Waals surface area contributed by atoms with Gasteiger partial charge in [0.05, 0.1) is 23.6 Å². The fourth-order valence-corrected chi connectivity index (χ4v) is 3.01. The van der Waals surface area contributed by atoms with Gasteiger partial charge in [0, 0.05) is 28.9 Å². The maximum atomic E-state index is 13.9. The summed E-state index contributed by atoms with van der Waals surface area (Å²) in [7, 11) is 0. The van der Waals surface area contributed by atoms with Gasteiger partial charge in [0.25, 0.3) is 5.91 Å². The number of amides is 1. The van der Waals surface area contributed by atoms with Crippen LogP contribution in [0.5, 0.6) is 0 Å². The summed E-state index contributed by atoms with van der Waals surface area (Å²) in [5.74, 6) is -1.02. The van der Waals surface area contributed by atoms with Crippen molar-refractivity contribution in [1.82, 2.24) is 19.7 Å². The molecule has 0 saturated heterocycles. The van der Waals surface area contributed by atoms with Gasteiger partial charge in [-0.2, -0.15) is 23.5 Å². The number of carbonyl (C=O) groups excluding carboxylic acids is 1. The zero-order valence-corrected chi connectivity index (χ0v) is 15.1. The highest BCUT2D eigenvalue weighted by molar-refractivity contribution is 6.05. The molecule has 30 heavy (non-hydrogen) atoms. The molecular weight excluding hydrogens is 397 g/mol. The van der Waals surface area contributed by atoms with Crippen molar-refractivity contribution < 1.29 is 18.0 Å². The minimum atomic E-state index is -4.86. The van der Waals surface area contributed by atoms with Crippen molar-refractivity contribution in [2.45, 2.75) is 6.18 Å². The number of halogens is 3. The van der Waals surface area contributed by atoms with Crippen LogP contribution in [0.2, 0.25) is 0 Å². The van der Waals surface area contributed by atoms with Crippen molar-refractivity contribution in [3.05, 3.63) is 78.1 Å². The minimum Gasteiger partial charge on any atom is -0.322 e. The summed E-state index contributed by atoms with van der Waals surface area (Å²) in [5, 5.41) is 16.2. The van der Waals surface area contributed by atoms with Crippen LogP contribution in [0.4, 0.5) is 18.9 Å². The quantitative estimate of drug-likeness (QED) is 0.554. The third-order valence-electron chi connectivity index (χ3n) is 4.29. The molecule has 4 aromatic rings. The molecule has 0 spiro atoms. The summed E-state index contributed by atoms with van der Waals surface area (Å²) in [6, 6.07) is 11.2. The largest absolute Gasteiger partial charge is 0.434 e. The Kier molecular flexibility index (Phi) is 4.63. The summed E-state index contributed by atoms with van der Waals surface area (Å²) in [6.07, 6.45) is 0.0420. The number of nitriles is 1. The second kappa shape index (κ2) is 7.29. The fraction of sp³-hybridized carbons (Fsp3) is 0.0500. The van der Waals surface area contributed by atoms with E-state index in [2.05, 4.69) is 20.4 Å². The third kappa shape index (κ3) is 3.44. The Morgan fingerprint density at radius 3 is 2.70 bits per heavy atom. The molecular formula is C20H11F3N6O. The topological polar surface area (TPSA) is 96.5 Å². The molecule has 3 aromatic heterocycles. The van der Waals surface area contributed by atoms with Gasteiger partial charge in [-0.3, -0.25) is 9.78 Å². The predicted octanol–water partition coefficient (Wildman–Crippen LogP) is 3.96. The van der Waals surface area contributed by atoms with Crippen molar-refractivity contribution >= 4 is 22.4 Å². The first kappa shape index (κ1) is 19.1. The molecule has 0 saturated carbocycles. The Bertz CT molecular complexity index is 1300. The number of alkyl halides is 3. The molecule has 3 heterocycles. The first-order valence-corrected chi connectivity index (χ1v) is 8.54. The van der Waals surface area contributed by atoms with E-state index in [0.717, 1.165) is 6.20 Å². The van der Waals surface area contributed by atoms with Gasteiger partial charge in [-0.25, -0.2) is 9.67 Å². The maximum absolute atomic E-state index is 13.9. The number of benzene rings is 1.